The summed E-state index contributed by atoms with van der Waals surface area (Å²) in [7, 11) is 0. The summed E-state index contributed by atoms with van der Waals surface area (Å²) in [5, 5.41) is 19.3. The van der Waals surface area contributed by atoms with Crippen molar-refractivity contribution in [1.82, 2.24) is 0 Å². The van der Waals surface area contributed by atoms with E-state index in [2.05, 4.69) is 13.8 Å². The van der Waals surface area contributed by atoms with Crippen molar-refractivity contribution in [1.29, 1.82) is 0 Å². The monoisotopic (exact) mass is 236 g/mol. The van der Waals surface area contributed by atoms with Crippen molar-refractivity contribution in [3.05, 3.63) is 28.8 Å². The number of hydrogen-bond acceptors (Lipinski definition) is 2. The normalized spacial score (nSPS) is 10.8. The largest absolute Gasteiger partial charge is 0.508 e. The Labute approximate surface area is 104 Å². The van der Waals surface area contributed by atoms with Gasteiger partial charge >= 0.3 is 0 Å². The number of phenolic OH excluding ortho intramolecular Hbond substituents is 1. The van der Waals surface area contributed by atoms with Gasteiger partial charge in [-0.25, -0.2) is 0 Å². The summed E-state index contributed by atoms with van der Waals surface area (Å²) in [5.41, 5.74) is 3.19. The highest BCUT2D eigenvalue weighted by Crippen LogP contribution is 2.28. The van der Waals surface area contributed by atoms with E-state index in [1.165, 1.54) is 5.56 Å². The van der Waals surface area contributed by atoms with E-state index in [1.54, 1.807) is 6.07 Å². The Morgan fingerprint density at radius 1 is 0.941 bits per heavy atom. The van der Waals surface area contributed by atoms with Crippen molar-refractivity contribution in [2.45, 2.75) is 59.0 Å². The van der Waals surface area contributed by atoms with E-state index >= 15 is 0 Å². The second kappa shape index (κ2) is 7.33. The first kappa shape index (κ1) is 14.0. The predicted octanol–water partition coefficient (Wildman–Crippen LogP) is 3.57. The van der Waals surface area contributed by atoms with Gasteiger partial charge < -0.3 is 10.2 Å². The quantitative estimate of drug-likeness (QED) is 0.759. The maximum absolute atomic E-state index is 9.96. The van der Waals surface area contributed by atoms with E-state index in [4.69, 9.17) is 0 Å². The topological polar surface area (TPSA) is 40.5 Å². The molecule has 0 radical (unpaired) electrons. The van der Waals surface area contributed by atoms with E-state index in [1.807, 2.05) is 6.07 Å². The fraction of sp³-hybridized carbons (Fsp3) is 0.600. The van der Waals surface area contributed by atoms with Gasteiger partial charge in [0.2, 0.25) is 0 Å². The van der Waals surface area contributed by atoms with Crippen LogP contribution in [0.25, 0.3) is 0 Å². The van der Waals surface area contributed by atoms with Crippen molar-refractivity contribution in [2.75, 3.05) is 0 Å². The third-order valence-corrected chi connectivity index (χ3v) is 3.23. The molecule has 96 valence electrons. The van der Waals surface area contributed by atoms with Crippen molar-refractivity contribution >= 4 is 0 Å². The summed E-state index contributed by atoms with van der Waals surface area (Å²) >= 11 is 0. The molecule has 1 aromatic carbocycles. The minimum absolute atomic E-state index is 0.0679. The maximum Gasteiger partial charge on any atom is 0.119 e. The molecule has 1 aromatic rings. The van der Waals surface area contributed by atoms with Gasteiger partial charge in [-0.2, -0.15) is 0 Å². The molecule has 0 spiro atoms. The van der Waals surface area contributed by atoms with Crippen molar-refractivity contribution in [3.8, 4) is 5.75 Å². The number of phenols is 1. The molecule has 0 aliphatic carbocycles. The number of aromatic hydroxyl groups is 1. The van der Waals surface area contributed by atoms with Crippen LogP contribution in [-0.2, 0) is 19.4 Å². The predicted molar refractivity (Wildman–Crippen MR) is 71.3 cm³/mol. The summed E-state index contributed by atoms with van der Waals surface area (Å²) in [6.45, 7) is 4.38. The SMILES string of the molecule is CCCCc1c(O)ccc(CO)c1CCCC. The Morgan fingerprint density at radius 2 is 1.53 bits per heavy atom. The summed E-state index contributed by atoms with van der Waals surface area (Å²) < 4.78 is 0. The van der Waals surface area contributed by atoms with Gasteiger partial charge in [-0.05, 0) is 48.4 Å². The Kier molecular flexibility index (Phi) is 6.06. The van der Waals surface area contributed by atoms with Gasteiger partial charge in [0, 0.05) is 0 Å². The van der Waals surface area contributed by atoms with Crippen LogP contribution < -0.4 is 0 Å². The summed E-state index contributed by atoms with van der Waals surface area (Å²) in [4.78, 5) is 0. The minimum atomic E-state index is 0.0679. The molecule has 17 heavy (non-hydrogen) atoms. The third kappa shape index (κ3) is 3.74. The molecule has 0 saturated heterocycles. The fourth-order valence-electron chi connectivity index (χ4n) is 2.17. The molecule has 0 bridgehead atoms. The zero-order chi connectivity index (χ0) is 12.7. The van der Waals surface area contributed by atoms with Gasteiger partial charge in [0.15, 0.2) is 0 Å². The molecular weight excluding hydrogens is 212 g/mol. The van der Waals surface area contributed by atoms with Gasteiger partial charge in [0.05, 0.1) is 6.61 Å². The van der Waals surface area contributed by atoms with Crippen LogP contribution in [0.1, 0.15) is 56.2 Å². The van der Waals surface area contributed by atoms with Crippen molar-refractivity contribution < 1.29 is 10.2 Å². The van der Waals surface area contributed by atoms with E-state index < -0.39 is 0 Å². The second-order valence-corrected chi connectivity index (χ2v) is 4.57. The minimum Gasteiger partial charge on any atom is -0.508 e. The highest BCUT2D eigenvalue weighted by atomic mass is 16.3. The van der Waals surface area contributed by atoms with Crippen LogP contribution in [0.3, 0.4) is 0 Å². The molecule has 0 heterocycles. The number of benzene rings is 1. The second-order valence-electron chi connectivity index (χ2n) is 4.57. The molecule has 0 aromatic heterocycles. The van der Waals surface area contributed by atoms with Crippen LogP contribution in [0.4, 0.5) is 0 Å². The zero-order valence-corrected chi connectivity index (χ0v) is 11.0. The number of aliphatic hydroxyl groups excluding tert-OH is 1. The lowest BCUT2D eigenvalue weighted by molar-refractivity contribution is 0.280. The lowest BCUT2D eigenvalue weighted by atomic mass is 9.93. The van der Waals surface area contributed by atoms with Crippen LogP contribution in [0.15, 0.2) is 12.1 Å². The molecule has 0 amide bonds. The van der Waals surface area contributed by atoms with Crippen LogP contribution in [0.5, 0.6) is 5.75 Å². The maximum atomic E-state index is 9.96. The van der Waals surface area contributed by atoms with Crippen LogP contribution in [0, 0.1) is 0 Å². The molecule has 0 atom stereocenters. The van der Waals surface area contributed by atoms with Crippen LogP contribution in [-0.4, -0.2) is 10.2 Å². The number of hydrogen-bond donors (Lipinski definition) is 2. The van der Waals surface area contributed by atoms with E-state index in [-0.39, 0.29) is 6.61 Å². The Bertz CT molecular complexity index is 345. The van der Waals surface area contributed by atoms with E-state index in [9.17, 15) is 10.2 Å². The summed E-state index contributed by atoms with van der Waals surface area (Å²) in [5.74, 6) is 0.391. The number of rotatable bonds is 7. The van der Waals surface area contributed by atoms with Gasteiger partial charge in [-0.1, -0.05) is 32.8 Å². The van der Waals surface area contributed by atoms with Crippen molar-refractivity contribution in [3.63, 3.8) is 0 Å². The summed E-state index contributed by atoms with van der Waals surface area (Å²) in [6, 6.07) is 3.56. The molecule has 0 aliphatic rings. The number of unbranched alkanes of at least 4 members (excludes halogenated alkanes) is 2. The highest BCUT2D eigenvalue weighted by Gasteiger charge is 2.11. The fourth-order valence-corrected chi connectivity index (χ4v) is 2.17. The molecular formula is C15H24O2. The third-order valence-electron chi connectivity index (χ3n) is 3.23. The zero-order valence-electron chi connectivity index (χ0n) is 11.0. The van der Waals surface area contributed by atoms with Crippen molar-refractivity contribution in [2.24, 2.45) is 0 Å². The number of aliphatic hydroxyl groups is 1. The first-order chi connectivity index (χ1) is 8.24. The van der Waals surface area contributed by atoms with Gasteiger partial charge in [-0.15, -0.1) is 0 Å². The van der Waals surface area contributed by atoms with Gasteiger partial charge in [0.25, 0.3) is 0 Å². The standard InChI is InChI=1S/C15H24O2/c1-3-5-7-13-12(11-16)9-10-15(17)14(13)8-6-4-2/h9-10,16-17H,3-8,11H2,1-2H3. The Morgan fingerprint density at radius 3 is 2.06 bits per heavy atom. The molecule has 2 N–H and O–H groups in total. The average Bonchev–Trinajstić information content (AvgIpc) is 2.35. The molecule has 1 rings (SSSR count). The molecule has 0 aliphatic heterocycles. The molecule has 2 heteroatoms. The first-order valence-electron chi connectivity index (χ1n) is 6.68. The first-order valence-corrected chi connectivity index (χ1v) is 6.68. The van der Waals surface area contributed by atoms with E-state index in [0.717, 1.165) is 49.7 Å². The van der Waals surface area contributed by atoms with Gasteiger partial charge in [0.1, 0.15) is 5.75 Å². The lowest BCUT2D eigenvalue weighted by Crippen LogP contribution is -2.01. The molecule has 0 saturated carbocycles. The highest BCUT2D eigenvalue weighted by molar-refractivity contribution is 5.44. The van der Waals surface area contributed by atoms with Crippen LogP contribution >= 0.6 is 0 Å². The summed E-state index contributed by atoms with van der Waals surface area (Å²) in [6.07, 6.45) is 6.32. The molecule has 0 unspecified atom stereocenters. The lowest BCUT2D eigenvalue weighted by Gasteiger charge is -2.15. The smallest absolute Gasteiger partial charge is 0.119 e. The van der Waals surface area contributed by atoms with E-state index in [0.29, 0.717) is 5.75 Å². The Hall–Kier alpha value is -1.02. The molecule has 0 fully saturated rings. The van der Waals surface area contributed by atoms with Gasteiger partial charge in [-0.3, -0.25) is 0 Å². The Balaban J connectivity index is 3.02. The van der Waals surface area contributed by atoms with Crippen LogP contribution in [0.2, 0.25) is 0 Å². The molecule has 2 nitrogen and oxygen atoms in total. The average molecular weight is 236 g/mol.